The predicted octanol–water partition coefficient (Wildman–Crippen LogP) is -14.1. The number of ether oxygens (including phenoxy) is 11. The Bertz CT molecular complexity index is 1510. The van der Waals surface area contributed by atoms with E-state index in [0.717, 1.165) is 0 Å². The van der Waals surface area contributed by atoms with Crippen LogP contribution in [-0.2, 0) is 52.1 Å². The van der Waals surface area contributed by atoms with Crippen molar-refractivity contribution in [3.63, 3.8) is 0 Å². The molecule has 20 N–H and O–H groups in total. The Morgan fingerprint density at radius 3 is 0.687 bits per heavy atom. The van der Waals surface area contributed by atoms with E-state index in [4.69, 9.17) is 52.1 Å². The quantitative estimate of drug-likeness (QED) is 0.0683. The Hall–Kier alpha value is -1.24. The number of hydrogen-bond acceptors (Lipinski definition) is 31. The number of hydrogen-bond donors (Lipinski definition) is 20. The van der Waals surface area contributed by atoms with Crippen molar-refractivity contribution in [3.05, 3.63) is 0 Å². The van der Waals surface area contributed by atoms with E-state index in [1.54, 1.807) is 0 Å². The standard InChI is InChI=1S/C36H62O31/c37-1-7-13(43)19(49)20(50)32(58-7)64-27-15(45)9(3-39)60-34(22(27)52)66-29-17(47)11(5-41)62-36(24(29)54)67-30-18(48)12(6-42)61-35(25(30)55)65-28-16(46)10(4-40)59-33(23(28)53)63-26-14(44)8(2-38)57-31(56)21(26)51/h7-56H,1-6H2/t7-,8-,9-,10-,11-,12-,13-,14-,15-,16-,17-,18-,19+,20-,21-,22-,23-,24-,25-,26+,27+,28+,29+,30+,31?,32+,33+,34+,35+,36+/m1/s1. The van der Waals surface area contributed by atoms with Crippen LogP contribution in [-0.4, -0.2) is 326 Å². The van der Waals surface area contributed by atoms with Crippen LogP contribution in [0.5, 0.6) is 0 Å². The molecule has 1 unspecified atom stereocenters. The van der Waals surface area contributed by atoms with Crippen molar-refractivity contribution in [2.24, 2.45) is 0 Å². The second-order valence-corrected chi connectivity index (χ2v) is 16.8. The highest BCUT2D eigenvalue weighted by atomic mass is 16.8. The zero-order chi connectivity index (χ0) is 49.3. The van der Waals surface area contributed by atoms with Crippen LogP contribution in [0, 0.1) is 0 Å². The first kappa shape index (κ1) is 55.1. The van der Waals surface area contributed by atoms with E-state index in [9.17, 15) is 102 Å². The Kier molecular flexibility index (Phi) is 19.4. The molecule has 6 aliphatic rings. The van der Waals surface area contributed by atoms with Crippen LogP contribution in [0.3, 0.4) is 0 Å². The normalized spacial score (nSPS) is 53.4. The Morgan fingerprint density at radius 1 is 0.224 bits per heavy atom. The number of rotatable bonds is 16. The molecule has 6 fully saturated rings. The monoisotopic (exact) mass is 990 g/mol. The van der Waals surface area contributed by atoms with E-state index in [1.165, 1.54) is 0 Å². The van der Waals surface area contributed by atoms with E-state index >= 15 is 0 Å². The molecule has 0 saturated carbocycles. The minimum Gasteiger partial charge on any atom is -0.394 e. The highest BCUT2D eigenvalue weighted by Gasteiger charge is 2.58. The summed E-state index contributed by atoms with van der Waals surface area (Å²) in [5.74, 6) is 0. The van der Waals surface area contributed by atoms with Crippen LogP contribution in [0.25, 0.3) is 0 Å². The summed E-state index contributed by atoms with van der Waals surface area (Å²) in [5, 5.41) is 211. The molecular formula is C36H62O31. The van der Waals surface area contributed by atoms with Crippen LogP contribution in [0.15, 0.2) is 0 Å². The highest BCUT2D eigenvalue weighted by Crippen LogP contribution is 2.37. The van der Waals surface area contributed by atoms with Crippen molar-refractivity contribution in [2.45, 2.75) is 184 Å². The summed E-state index contributed by atoms with van der Waals surface area (Å²) < 4.78 is 60.4. The highest BCUT2D eigenvalue weighted by molar-refractivity contribution is 5.00. The van der Waals surface area contributed by atoms with E-state index in [-0.39, 0.29) is 0 Å². The van der Waals surface area contributed by atoms with E-state index in [2.05, 4.69) is 0 Å². The zero-order valence-electron chi connectivity index (χ0n) is 35.0. The lowest BCUT2D eigenvalue weighted by atomic mass is 9.95. The molecule has 0 aromatic heterocycles. The molecule has 0 bridgehead atoms. The Labute approximate surface area is 378 Å². The first-order valence-electron chi connectivity index (χ1n) is 21.1. The summed E-state index contributed by atoms with van der Waals surface area (Å²) in [6.45, 7) is -5.79. The summed E-state index contributed by atoms with van der Waals surface area (Å²) in [7, 11) is 0. The average molecular weight is 991 g/mol. The summed E-state index contributed by atoms with van der Waals surface area (Å²) in [6.07, 6.45) is -58.5. The zero-order valence-corrected chi connectivity index (χ0v) is 35.0. The van der Waals surface area contributed by atoms with Gasteiger partial charge < -0.3 is 154 Å². The predicted molar refractivity (Wildman–Crippen MR) is 199 cm³/mol. The van der Waals surface area contributed by atoms with Gasteiger partial charge in [-0.25, -0.2) is 0 Å². The summed E-state index contributed by atoms with van der Waals surface area (Å²) >= 11 is 0. The molecule has 67 heavy (non-hydrogen) atoms. The van der Waals surface area contributed by atoms with Gasteiger partial charge in [0, 0.05) is 0 Å². The van der Waals surface area contributed by atoms with Gasteiger partial charge in [0.25, 0.3) is 0 Å². The topological polar surface area (TPSA) is 506 Å². The maximum absolute atomic E-state index is 11.5. The molecule has 6 saturated heterocycles. The molecular weight excluding hydrogens is 928 g/mol. The number of aliphatic hydroxyl groups excluding tert-OH is 20. The minimum absolute atomic E-state index is 0.862. The molecule has 0 radical (unpaired) electrons. The molecule has 6 rings (SSSR count). The smallest absolute Gasteiger partial charge is 0.187 e. The van der Waals surface area contributed by atoms with Crippen LogP contribution in [0.1, 0.15) is 0 Å². The van der Waals surface area contributed by atoms with Crippen LogP contribution in [0.2, 0.25) is 0 Å². The fraction of sp³-hybridized carbons (Fsp3) is 1.00. The molecule has 31 heteroatoms. The molecule has 392 valence electrons. The van der Waals surface area contributed by atoms with Gasteiger partial charge in [-0.3, -0.25) is 0 Å². The second-order valence-electron chi connectivity index (χ2n) is 16.8. The lowest BCUT2D eigenvalue weighted by Crippen LogP contribution is -2.68. The summed E-state index contributed by atoms with van der Waals surface area (Å²) in [4.78, 5) is 0. The second kappa shape index (κ2) is 23.5. The van der Waals surface area contributed by atoms with Gasteiger partial charge in [0.2, 0.25) is 0 Å². The molecule has 0 amide bonds. The lowest BCUT2D eigenvalue weighted by Gasteiger charge is -2.50. The third-order valence-corrected chi connectivity index (χ3v) is 12.4. The average Bonchev–Trinajstić information content (AvgIpc) is 3.31. The van der Waals surface area contributed by atoms with Gasteiger partial charge >= 0.3 is 0 Å². The van der Waals surface area contributed by atoms with E-state index < -0.39 is 224 Å². The Balaban J connectivity index is 1.18. The fourth-order valence-electron chi connectivity index (χ4n) is 8.49. The molecule has 0 spiro atoms. The fourth-order valence-corrected chi connectivity index (χ4v) is 8.49. The van der Waals surface area contributed by atoms with Crippen molar-refractivity contribution in [1.29, 1.82) is 0 Å². The van der Waals surface area contributed by atoms with Crippen molar-refractivity contribution < 1.29 is 154 Å². The summed E-state index contributed by atoms with van der Waals surface area (Å²) in [5.41, 5.74) is 0. The maximum atomic E-state index is 11.5. The molecule has 30 atom stereocenters. The minimum atomic E-state index is -2.26. The van der Waals surface area contributed by atoms with Gasteiger partial charge in [-0.1, -0.05) is 0 Å². The van der Waals surface area contributed by atoms with E-state index in [1.807, 2.05) is 0 Å². The third kappa shape index (κ3) is 11.2. The lowest BCUT2D eigenvalue weighted by molar-refractivity contribution is -0.398. The van der Waals surface area contributed by atoms with Crippen LogP contribution >= 0.6 is 0 Å². The molecule has 6 heterocycles. The van der Waals surface area contributed by atoms with Gasteiger partial charge in [0.1, 0.15) is 146 Å². The molecule has 0 aliphatic carbocycles. The molecule has 6 aliphatic heterocycles. The number of aliphatic hydroxyl groups is 20. The SMILES string of the molecule is OC[C@H]1O[C@@H](O[C@@H]2[C@@H](O)[C@H](O[C@@H]3[C@@H](O)[C@H](O[C@@H]4[C@@H](O)[C@H](O[C@@H]5[C@@H](O)[C@H](O[C@H]6[C@H](O)[C@@H](CO)OC(O)[C@@H]6O)O[C@H](CO)[C@H]5O)O[C@H](CO)[C@H]4O)O[C@H](CO)[C@H]3O)O[C@H](CO)[C@H]2O)[C@H](O)[C@@H](O)[C@@H]1O. The van der Waals surface area contributed by atoms with Gasteiger partial charge in [0.05, 0.1) is 39.6 Å². The first-order valence-corrected chi connectivity index (χ1v) is 21.1. The summed E-state index contributed by atoms with van der Waals surface area (Å²) in [6, 6.07) is 0. The van der Waals surface area contributed by atoms with Gasteiger partial charge in [0.15, 0.2) is 37.7 Å². The van der Waals surface area contributed by atoms with Crippen molar-refractivity contribution >= 4 is 0 Å². The van der Waals surface area contributed by atoms with Crippen molar-refractivity contribution in [2.75, 3.05) is 39.6 Å². The third-order valence-electron chi connectivity index (χ3n) is 12.4. The van der Waals surface area contributed by atoms with Gasteiger partial charge in [-0.05, 0) is 0 Å². The van der Waals surface area contributed by atoms with E-state index in [0.29, 0.717) is 0 Å². The van der Waals surface area contributed by atoms with Gasteiger partial charge in [-0.15, -0.1) is 0 Å². The largest absolute Gasteiger partial charge is 0.394 e. The van der Waals surface area contributed by atoms with Gasteiger partial charge in [-0.2, -0.15) is 0 Å². The molecule has 31 nitrogen and oxygen atoms in total. The van der Waals surface area contributed by atoms with Crippen LogP contribution in [0.4, 0.5) is 0 Å². The first-order chi connectivity index (χ1) is 31.8. The molecule has 0 aromatic carbocycles. The van der Waals surface area contributed by atoms with Crippen molar-refractivity contribution in [1.82, 2.24) is 0 Å². The van der Waals surface area contributed by atoms with Crippen molar-refractivity contribution in [3.8, 4) is 0 Å². The molecule has 0 aromatic rings. The Morgan fingerprint density at radius 2 is 0.433 bits per heavy atom. The van der Waals surface area contributed by atoms with Crippen LogP contribution < -0.4 is 0 Å². The maximum Gasteiger partial charge on any atom is 0.187 e.